The lowest BCUT2D eigenvalue weighted by atomic mass is 9.92. The molecule has 6 heteroatoms. The van der Waals surface area contributed by atoms with E-state index in [9.17, 15) is 0 Å². The molecular formula is C28H27N5O. The van der Waals surface area contributed by atoms with Crippen LogP contribution in [-0.4, -0.2) is 37.6 Å². The van der Waals surface area contributed by atoms with Crippen LogP contribution in [0.3, 0.4) is 0 Å². The van der Waals surface area contributed by atoms with E-state index in [1.807, 2.05) is 24.7 Å². The molecule has 3 aromatic carbocycles. The summed E-state index contributed by atoms with van der Waals surface area (Å²) >= 11 is 0. The van der Waals surface area contributed by atoms with Gasteiger partial charge in [-0.3, -0.25) is 9.47 Å². The first-order valence-electron chi connectivity index (χ1n) is 11.6. The zero-order chi connectivity index (χ0) is 23.1. The maximum atomic E-state index is 5.72. The van der Waals surface area contributed by atoms with Gasteiger partial charge >= 0.3 is 0 Å². The summed E-state index contributed by atoms with van der Waals surface area (Å²) in [7, 11) is 1.72. The van der Waals surface area contributed by atoms with E-state index in [1.165, 1.54) is 16.7 Å². The lowest BCUT2D eigenvalue weighted by Crippen LogP contribution is -2.37. The van der Waals surface area contributed by atoms with Crippen molar-refractivity contribution >= 4 is 11.0 Å². The van der Waals surface area contributed by atoms with Crippen LogP contribution in [0.4, 0.5) is 0 Å². The van der Waals surface area contributed by atoms with Gasteiger partial charge in [0.05, 0.1) is 23.7 Å². The molecule has 1 unspecified atom stereocenters. The van der Waals surface area contributed by atoms with Crippen LogP contribution in [0.2, 0.25) is 0 Å². The monoisotopic (exact) mass is 449 g/mol. The van der Waals surface area contributed by atoms with E-state index >= 15 is 0 Å². The molecule has 3 heterocycles. The Morgan fingerprint density at radius 3 is 2.79 bits per heavy atom. The Morgan fingerprint density at radius 2 is 1.94 bits per heavy atom. The van der Waals surface area contributed by atoms with Crippen LogP contribution >= 0.6 is 0 Å². The number of hydrogen-bond donors (Lipinski definition) is 1. The minimum absolute atomic E-state index is 0.433. The van der Waals surface area contributed by atoms with Gasteiger partial charge in [0.25, 0.3) is 0 Å². The number of aromatic nitrogens is 4. The Balaban J connectivity index is 1.28. The summed E-state index contributed by atoms with van der Waals surface area (Å²) in [6.07, 6.45) is 6.53. The van der Waals surface area contributed by atoms with E-state index in [4.69, 9.17) is 4.74 Å². The third kappa shape index (κ3) is 3.66. The molecule has 0 bridgehead atoms. The third-order valence-electron chi connectivity index (χ3n) is 6.82. The normalized spacial score (nSPS) is 16.0. The first-order valence-corrected chi connectivity index (χ1v) is 11.6. The largest absolute Gasteiger partial charge is 0.496 e. The molecule has 34 heavy (non-hydrogen) atoms. The number of nitrogens with zero attached hydrogens (tertiary/aromatic N) is 4. The van der Waals surface area contributed by atoms with E-state index in [1.54, 1.807) is 13.3 Å². The van der Waals surface area contributed by atoms with Crippen molar-refractivity contribution < 1.29 is 4.74 Å². The summed E-state index contributed by atoms with van der Waals surface area (Å²) < 4.78 is 7.88. The number of aromatic amines is 1. The van der Waals surface area contributed by atoms with Crippen molar-refractivity contribution in [3.63, 3.8) is 0 Å². The van der Waals surface area contributed by atoms with Crippen LogP contribution in [-0.2, 0) is 19.5 Å². The first-order chi connectivity index (χ1) is 16.7. The van der Waals surface area contributed by atoms with Crippen molar-refractivity contribution in [3.8, 4) is 22.8 Å². The molecule has 0 radical (unpaired) electrons. The zero-order valence-electron chi connectivity index (χ0n) is 19.4. The van der Waals surface area contributed by atoms with Gasteiger partial charge in [0.1, 0.15) is 17.9 Å². The summed E-state index contributed by atoms with van der Waals surface area (Å²) in [4.78, 5) is 14.7. The molecule has 170 valence electrons. The number of ether oxygens (including phenoxy) is 1. The van der Waals surface area contributed by atoms with Crippen molar-refractivity contribution in [1.82, 2.24) is 24.4 Å². The molecule has 2 aromatic heterocycles. The summed E-state index contributed by atoms with van der Waals surface area (Å²) in [6.45, 7) is 4.10. The Bertz CT molecular complexity index is 1450. The third-order valence-corrected chi connectivity index (χ3v) is 6.82. The second-order valence-electron chi connectivity index (χ2n) is 8.99. The highest BCUT2D eigenvalue weighted by atomic mass is 16.5. The van der Waals surface area contributed by atoms with Crippen molar-refractivity contribution in [1.29, 1.82) is 0 Å². The second-order valence-corrected chi connectivity index (χ2v) is 8.99. The smallest absolute Gasteiger partial charge is 0.141 e. The Labute approximate surface area is 198 Å². The molecule has 6 rings (SSSR count). The fraction of sp³-hybridized carbons (Fsp3) is 0.214. The molecule has 6 nitrogen and oxygen atoms in total. The van der Waals surface area contributed by atoms with Gasteiger partial charge in [0.2, 0.25) is 0 Å². The van der Waals surface area contributed by atoms with Crippen LogP contribution in [0.15, 0.2) is 79.4 Å². The summed E-state index contributed by atoms with van der Waals surface area (Å²) in [5.74, 6) is 1.70. The molecule has 1 aliphatic rings. The number of H-pyrrole nitrogens is 1. The maximum Gasteiger partial charge on any atom is 0.141 e. The number of para-hydroxylation sites is 2. The molecule has 0 amide bonds. The van der Waals surface area contributed by atoms with Crippen LogP contribution < -0.4 is 4.74 Å². The molecule has 0 aliphatic carbocycles. The number of rotatable bonds is 5. The SMILES string of the molecule is COc1cc2c(cc1-c1ncc[nH]1)CC(C)N(Cc1cccc(-n3cnc4ccccc43)c1)C2. The summed E-state index contributed by atoms with van der Waals surface area (Å²) in [6, 6.07) is 21.9. The summed E-state index contributed by atoms with van der Waals surface area (Å²) in [5, 5.41) is 0. The number of imidazole rings is 2. The zero-order valence-corrected chi connectivity index (χ0v) is 19.4. The molecule has 0 saturated heterocycles. The van der Waals surface area contributed by atoms with Gasteiger partial charge in [-0.25, -0.2) is 9.97 Å². The van der Waals surface area contributed by atoms with Crippen LogP contribution in [0.5, 0.6) is 5.75 Å². The van der Waals surface area contributed by atoms with Gasteiger partial charge in [-0.2, -0.15) is 0 Å². The lowest BCUT2D eigenvalue weighted by Gasteiger charge is -2.35. The maximum absolute atomic E-state index is 5.72. The Morgan fingerprint density at radius 1 is 1.03 bits per heavy atom. The average Bonchev–Trinajstić information content (AvgIpc) is 3.54. The second kappa shape index (κ2) is 8.47. The van der Waals surface area contributed by atoms with Crippen molar-refractivity contribution in [2.45, 2.75) is 32.5 Å². The molecular weight excluding hydrogens is 422 g/mol. The van der Waals surface area contributed by atoms with E-state index < -0.39 is 0 Å². The summed E-state index contributed by atoms with van der Waals surface area (Å²) in [5.41, 5.74) is 8.28. The lowest BCUT2D eigenvalue weighted by molar-refractivity contribution is 0.175. The van der Waals surface area contributed by atoms with Crippen LogP contribution in [0.25, 0.3) is 28.1 Å². The minimum atomic E-state index is 0.433. The van der Waals surface area contributed by atoms with Gasteiger partial charge in [-0.1, -0.05) is 24.3 Å². The highest BCUT2D eigenvalue weighted by Gasteiger charge is 2.25. The standard InChI is InChI=1S/C28H27N5O/c1-19-12-21-14-24(28-29-10-11-30-28)27(34-2)15-22(21)17-32(19)16-20-6-5-7-23(13-20)33-18-31-25-8-3-4-9-26(25)33/h3-11,13-15,18-19H,12,16-17H2,1-2H3,(H,29,30). The van der Waals surface area contributed by atoms with Crippen molar-refractivity contribution in [2.24, 2.45) is 0 Å². The highest BCUT2D eigenvalue weighted by Crippen LogP contribution is 2.35. The topological polar surface area (TPSA) is 59.0 Å². The van der Waals surface area contributed by atoms with E-state index in [0.717, 1.165) is 53.4 Å². The van der Waals surface area contributed by atoms with Crippen molar-refractivity contribution in [2.75, 3.05) is 7.11 Å². The fourth-order valence-corrected chi connectivity index (χ4v) is 5.01. The first kappa shape index (κ1) is 20.7. The molecule has 1 aliphatic heterocycles. The average molecular weight is 450 g/mol. The number of hydrogen-bond acceptors (Lipinski definition) is 4. The van der Waals surface area contributed by atoms with Crippen LogP contribution in [0, 0.1) is 0 Å². The van der Waals surface area contributed by atoms with E-state index in [2.05, 4.69) is 79.9 Å². The van der Waals surface area contributed by atoms with E-state index in [-0.39, 0.29) is 0 Å². The molecule has 0 saturated carbocycles. The highest BCUT2D eigenvalue weighted by molar-refractivity contribution is 5.77. The molecule has 5 aromatic rings. The van der Waals surface area contributed by atoms with Gasteiger partial charge < -0.3 is 9.72 Å². The minimum Gasteiger partial charge on any atom is -0.496 e. The number of methoxy groups -OCH3 is 1. The number of benzene rings is 3. The predicted molar refractivity (Wildman–Crippen MR) is 134 cm³/mol. The number of nitrogens with one attached hydrogen (secondary N) is 1. The van der Waals surface area contributed by atoms with Gasteiger partial charge in [-0.15, -0.1) is 0 Å². The Hall–Kier alpha value is -3.90. The molecule has 1 atom stereocenters. The number of fused-ring (bicyclic) bond motifs is 2. The predicted octanol–water partition coefficient (Wildman–Crippen LogP) is 5.37. The van der Waals surface area contributed by atoms with E-state index in [0.29, 0.717) is 6.04 Å². The van der Waals surface area contributed by atoms with Gasteiger partial charge in [-0.05, 0) is 66.4 Å². The molecule has 1 N–H and O–H groups in total. The Kier molecular flexibility index (Phi) is 5.15. The van der Waals surface area contributed by atoms with Crippen molar-refractivity contribution in [3.05, 3.63) is 96.1 Å². The quantitative estimate of drug-likeness (QED) is 0.392. The molecule has 0 fully saturated rings. The van der Waals surface area contributed by atoms with Gasteiger partial charge in [0, 0.05) is 37.2 Å². The molecule has 0 spiro atoms. The van der Waals surface area contributed by atoms with Crippen LogP contribution in [0.1, 0.15) is 23.6 Å². The fourth-order valence-electron chi connectivity index (χ4n) is 5.01. The van der Waals surface area contributed by atoms with Gasteiger partial charge in [0.15, 0.2) is 0 Å².